The van der Waals surface area contributed by atoms with E-state index in [0.717, 1.165) is 5.39 Å². The van der Waals surface area contributed by atoms with E-state index < -0.39 is 0 Å². The zero-order chi connectivity index (χ0) is 17.1. The lowest BCUT2D eigenvalue weighted by Gasteiger charge is -2.09. The number of fused-ring (bicyclic) bond motifs is 1. The second-order valence-corrected chi connectivity index (χ2v) is 5.39. The van der Waals surface area contributed by atoms with E-state index in [1.165, 1.54) is 6.92 Å². The Labute approximate surface area is 138 Å². The molecule has 3 rings (SSSR count). The molecule has 124 valence electrons. The van der Waals surface area contributed by atoms with Crippen molar-refractivity contribution < 1.29 is 9.53 Å². The molecule has 0 atom stereocenters. The molecule has 0 radical (unpaired) electrons. The van der Waals surface area contributed by atoms with Crippen LogP contribution in [-0.4, -0.2) is 34.1 Å². The number of rotatable bonds is 5. The Morgan fingerprint density at radius 3 is 2.96 bits per heavy atom. The topological polar surface area (TPSA) is 89.0 Å². The molecule has 1 aromatic carbocycles. The summed E-state index contributed by atoms with van der Waals surface area (Å²) in [4.78, 5) is 30.6. The number of aromatic amines is 1. The van der Waals surface area contributed by atoms with Crippen LogP contribution in [0.3, 0.4) is 0 Å². The van der Waals surface area contributed by atoms with Gasteiger partial charge in [0, 0.05) is 38.5 Å². The molecule has 7 heteroatoms. The van der Waals surface area contributed by atoms with Gasteiger partial charge in [-0.3, -0.25) is 9.59 Å². The van der Waals surface area contributed by atoms with E-state index >= 15 is 0 Å². The molecule has 0 saturated heterocycles. The fraction of sp³-hybridized carbons (Fsp3) is 0.235. The number of amides is 1. The zero-order valence-corrected chi connectivity index (χ0v) is 13.5. The summed E-state index contributed by atoms with van der Waals surface area (Å²) in [6, 6.07) is 7.32. The summed E-state index contributed by atoms with van der Waals surface area (Å²) < 4.78 is 7.02. The number of imidazole rings is 1. The van der Waals surface area contributed by atoms with Crippen molar-refractivity contribution in [2.45, 2.75) is 13.5 Å². The second-order valence-electron chi connectivity index (χ2n) is 5.39. The quantitative estimate of drug-likeness (QED) is 0.744. The van der Waals surface area contributed by atoms with Crippen molar-refractivity contribution in [2.24, 2.45) is 0 Å². The average molecular weight is 326 g/mol. The maximum Gasteiger partial charge on any atom is 0.259 e. The van der Waals surface area contributed by atoms with Crippen LogP contribution in [0.5, 0.6) is 5.75 Å². The van der Waals surface area contributed by atoms with Gasteiger partial charge in [-0.15, -0.1) is 0 Å². The molecule has 0 saturated carbocycles. The Kier molecular flexibility index (Phi) is 4.33. The van der Waals surface area contributed by atoms with Gasteiger partial charge in [0.2, 0.25) is 5.91 Å². The molecule has 2 heterocycles. The number of nitrogens with zero attached hydrogens (tertiary/aromatic N) is 2. The van der Waals surface area contributed by atoms with Crippen LogP contribution in [0.15, 0.2) is 41.5 Å². The minimum Gasteiger partial charge on any atom is -0.497 e. The van der Waals surface area contributed by atoms with E-state index in [2.05, 4.69) is 15.3 Å². The van der Waals surface area contributed by atoms with E-state index in [0.29, 0.717) is 35.7 Å². The normalized spacial score (nSPS) is 10.8. The second kappa shape index (κ2) is 6.57. The Balaban J connectivity index is 1.98. The predicted octanol–water partition coefficient (Wildman–Crippen LogP) is 1.54. The first-order chi connectivity index (χ1) is 11.6. The summed E-state index contributed by atoms with van der Waals surface area (Å²) in [6.45, 7) is 2.48. The van der Waals surface area contributed by atoms with Crippen molar-refractivity contribution in [2.75, 3.05) is 13.7 Å². The molecule has 1 amide bonds. The first kappa shape index (κ1) is 15.8. The lowest BCUT2D eigenvalue weighted by molar-refractivity contribution is -0.118. The SMILES string of the molecule is COc1ccc2cc(-c3nccn3CCNC(C)=O)c(=O)[nH]c2c1. The third kappa shape index (κ3) is 3.15. The molecular weight excluding hydrogens is 308 g/mol. The third-order valence-corrected chi connectivity index (χ3v) is 3.74. The summed E-state index contributed by atoms with van der Waals surface area (Å²) in [5.41, 5.74) is 0.975. The van der Waals surface area contributed by atoms with Crippen LogP contribution in [0, 0.1) is 0 Å². The van der Waals surface area contributed by atoms with Crippen LogP contribution in [0.25, 0.3) is 22.3 Å². The smallest absolute Gasteiger partial charge is 0.259 e. The molecular formula is C17H18N4O3. The van der Waals surface area contributed by atoms with Gasteiger partial charge < -0.3 is 19.6 Å². The number of methoxy groups -OCH3 is 1. The molecule has 0 aliphatic carbocycles. The molecule has 0 aliphatic rings. The summed E-state index contributed by atoms with van der Waals surface area (Å²) in [5.74, 6) is 1.16. The van der Waals surface area contributed by atoms with Crippen LogP contribution in [-0.2, 0) is 11.3 Å². The van der Waals surface area contributed by atoms with Crippen LogP contribution >= 0.6 is 0 Å². The van der Waals surface area contributed by atoms with E-state index in [-0.39, 0.29) is 11.5 Å². The fourth-order valence-corrected chi connectivity index (χ4v) is 2.56. The van der Waals surface area contributed by atoms with Crippen LogP contribution in [0.1, 0.15) is 6.92 Å². The number of carbonyl (C=O) groups is 1. The third-order valence-electron chi connectivity index (χ3n) is 3.74. The van der Waals surface area contributed by atoms with Gasteiger partial charge in [-0.1, -0.05) is 0 Å². The van der Waals surface area contributed by atoms with Crippen LogP contribution in [0.4, 0.5) is 0 Å². The van der Waals surface area contributed by atoms with Crippen molar-refractivity contribution in [3.8, 4) is 17.1 Å². The van der Waals surface area contributed by atoms with E-state index in [4.69, 9.17) is 4.74 Å². The number of benzene rings is 1. The zero-order valence-electron chi connectivity index (χ0n) is 13.5. The van der Waals surface area contributed by atoms with E-state index in [1.807, 2.05) is 22.8 Å². The van der Waals surface area contributed by atoms with Gasteiger partial charge in [0.1, 0.15) is 11.6 Å². The van der Waals surface area contributed by atoms with Gasteiger partial charge in [-0.25, -0.2) is 4.98 Å². The Hall–Kier alpha value is -3.09. The number of pyridine rings is 1. The van der Waals surface area contributed by atoms with Crippen molar-refractivity contribution in [3.63, 3.8) is 0 Å². The van der Waals surface area contributed by atoms with Crippen molar-refractivity contribution in [1.29, 1.82) is 0 Å². The number of aromatic nitrogens is 3. The Bertz CT molecular complexity index is 942. The number of hydrogen-bond acceptors (Lipinski definition) is 4. The molecule has 3 aromatic rings. The highest BCUT2D eigenvalue weighted by Gasteiger charge is 2.12. The monoisotopic (exact) mass is 326 g/mol. The maximum absolute atomic E-state index is 12.4. The molecule has 0 aliphatic heterocycles. The Morgan fingerprint density at radius 1 is 1.38 bits per heavy atom. The molecule has 2 N–H and O–H groups in total. The van der Waals surface area contributed by atoms with Gasteiger partial charge in [0.15, 0.2) is 0 Å². The van der Waals surface area contributed by atoms with Crippen LogP contribution in [0.2, 0.25) is 0 Å². The van der Waals surface area contributed by atoms with Crippen molar-refractivity contribution in [1.82, 2.24) is 19.9 Å². The number of ether oxygens (including phenoxy) is 1. The highest BCUT2D eigenvalue weighted by molar-refractivity contribution is 5.83. The lowest BCUT2D eigenvalue weighted by atomic mass is 10.1. The maximum atomic E-state index is 12.4. The minimum absolute atomic E-state index is 0.0887. The number of nitrogens with one attached hydrogen (secondary N) is 2. The summed E-state index contributed by atoms with van der Waals surface area (Å²) in [6.07, 6.45) is 3.43. The standard InChI is InChI=1S/C17H18N4O3/c1-11(22)18-5-7-21-8-6-19-16(21)14-9-12-3-4-13(24-2)10-15(12)20-17(14)23/h3-4,6,8-10H,5,7H2,1-2H3,(H,18,22)(H,20,23). The summed E-state index contributed by atoms with van der Waals surface area (Å²) >= 11 is 0. The van der Waals surface area contributed by atoms with Crippen molar-refractivity contribution >= 4 is 16.8 Å². The minimum atomic E-state index is -0.220. The summed E-state index contributed by atoms with van der Waals surface area (Å²) in [7, 11) is 1.58. The highest BCUT2D eigenvalue weighted by atomic mass is 16.5. The van der Waals surface area contributed by atoms with E-state index in [1.54, 1.807) is 25.6 Å². The van der Waals surface area contributed by atoms with Gasteiger partial charge in [0.05, 0.1) is 18.2 Å². The predicted molar refractivity (Wildman–Crippen MR) is 91.0 cm³/mol. The largest absolute Gasteiger partial charge is 0.497 e. The summed E-state index contributed by atoms with van der Waals surface area (Å²) in [5, 5.41) is 3.62. The number of hydrogen-bond donors (Lipinski definition) is 2. The lowest BCUT2D eigenvalue weighted by Crippen LogP contribution is -2.24. The average Bonchev–Trinajstić information content (AvgIpc) is 3.01. The molecule has 0 fully saturated rings. The van der Waals surface area contributed by atoms with Crippen molar-refractivity contribution in [3.05, 3.63) is 47.0 Å². The molecule has 0 unspecified atom stereocenters. The molecule has 0 spiro atoms. The number of carbonyl (C=O) groups excluding carboxylic acids is 1. The highest BCUT2D eigenvalue weighted by Crippen LogP contribution is 2.22. The molecule has 2 aromatic heterocycles. The molecule has 24 heavy (non-hydrogen) atoms. The first-order valence-electron chi connectivity index (χ1n) is 7.55. The van der Waals surface area contributed by atoms with Gasteiger partial charge in [0.25, 0.3) is 5.56 Å². The van der Waals surface area contributed by atoms with Crippen LogP contribution < -0.4 is 15.6 Å². The van der Waals surface area contributed by atoms with Gasteiger partial charge in [-0.2, -0.15) is 0 Å². The van der Waals surface area contributed by atoms with Gasteiger partial charge in [-0.05, 0) is 23.6 Å². The van der Waals surface area contributed by atoms with E-state index in [9.17, 15) is 9.59 Å². The number of H-pyrrole nitrogens is 1. The molecule has 0 bridgehead atoms. The Morgan fingerprint density at radius 2 is 2.21 bits per heavy atom. The molecule has 7 nitrogen and oxygen atoms in total. The first-order valence-corrected chi connectivity index (χ1v) is 7.55. The van der Waals surface area contributed by atoms with Gasteiger partial charge >= 0.3 is 0 Å². The fourth-order valence-electron chi connectivity index (χ4n) is 2.56.